The zero-order valence-electron chi connectivity index (χ0n) is 11.9. The van der Waals surface area contributed by atoms with Gasteiger partial charge in [-0.15, -0.1) is 0 Å². The van der Waals surface area contributed by atoms with E-state index < -0.39 is 5.97 Å². The molecule has 108 valence electrons. The molecule has 2 saturated heterocycles. The maximum absolute atomic E-state index is 12.2. The average molecular weight is 268 g/mol. The van der Waals surface area contributed by atoms with Crippen molar-refractivity contribution < 1.29 is 14.7 Å². The van der Waals surface area contributed by atoms with E-state index in [9.17, 15) is 9.59 Å². The van der Waals surface area contributed by atoms with Crippen LogP contribution in [0.15, 0.2) is 0 Å². The van der Waals surface area contributed by atoms with Gasteiger partial charge >= 0.3 is 5.97 Å². The van der Waals surface area contributed by atoms with Crippen LogP contribution >= 0.6 is 0 Å². The predicted octanol–water partition coefficient (Wildman–Crippen LogP) is 1.04. The number of hydrogen-bond donors (Lipinski definition) is 1. The molecule has 0 unspecified atom stereocenters. The van der Waals surface area contributed by atoms with Crippen molar-refractivity contribution in [3.05, 3.63) is 0 Å². The summed E-state index contributed by atoms with van der Waals surface area (Å²) in [5, 5.41) is 8.94. The van der Waals surface area contributed by atoms with Gasteiger partial charge in [0.1, 0.15) is 0 Å². The van der Waals surface area contributed by atoms with Crippen LogP contribution in [-0.2, 0) is 9.59 Å². The Kier molecular flexibility index (Phi) is 4.13. The molecule has 19 heavy (non-hydrogen) atoms. The van der Waals surface area contributed by atoms with Gasteiger partial charge in [-0.25, -0.2) is 0 Å². The minimum absolute atomic E-state index is 0.154. The van der Waals surface area contributed by atoms with Crippen LogP contribution < -0.4 is 0 Å². The third-order valence-corrected chi connectivity index (χ3v) is 4.31. The molecule has 0 aromatic carbocycles. The van der Waals surface area contributed by atoms with Crippen molar-refractivity contribution in [2.24, 2.45) is 11.3 Å². The van der Waals surface area contributed by atoms with Crippen LogP contribution in [0.3, 0.4) is 0 Å². The molecule has 2 heterocycles. The third-order valence-electron chi connectivity index (χ3n) is 4.31. The molecule has 0 aliphatic carbocycles. The Hall–Kier alpha value is -1.10. The first-order valence-corrected chi connectivity index (χ1v) is 7.10. The Morgan fingerprint density at radius 2 is 1.84 bits per heavy atom. The van der Waals surface area contributed by atoms with Gasteiger partial charge in [-0.05, 0) is 31.2 Å². The maximum Gasteiger partial charge on any atom is 0.306 e. The van der Waals surface area contributed by atoms with Gasteiger partial charge in [-0.1, -0.05) is 13.8 Å². The summed E-state index contributed by atoms with van der Waals surface area (Å²) in [5.41, 5.74) is 0.316. The molecule has 0 atom stereocenters. The lowest BCUT2D eigenvalue weighted by molar-refractivity contribution is -0.145. The summed E-state index contributed by atoms with van der Waals surface area (Å²) in [6, 6.07) is 0. The second-order valence-electron chi connectivity index (χ2n) is 6.62. The molecule has 5 heteroatoms. The summed E-state index contributed by atoms with van der Waals surface area (Å²) in [4.78, 5) is 27.1. The second kappa shape index (κ2) is 5.49. The summed E-state index contributed by atoms with van der Waals surface area (Å²) >= 11 is 0. The van der Waals surface area contributed by atoms with Crippen molar-refractivity contribution in [1.82, 2.24) is 9.80 Å². The summed E-state index contributed by atoms with van der Waals surface area (Å²) < 4.78 is 0. The fraction of sp³-hybridized carbons (Fsp3) is 0.857. The Labute approximate surface area is 114 Å². The zero-order chi connectivity index (χ0) is 14.0. The van der Waals surface area contributed by atoms with Gasteiger partial charge in [0.05, 0.1) is 12.5 Å². The van der Waals surface area contributed by atoms with E-state index in [2.05, 4.69) is 18.7 Å². The molecule has 1 amide bonds. The zero-order valence-corrected chi connectivity index (χ0v) is 11.9. The molecule has 0 aromatic rings. The van der Waals surface area contributed by atoms with Crippen LogP contribution in [0.2, 0.25) is 0 Å². The highest BCUT2D eigenvalue weighted by Crippen LogP contribution is 2.28. The Bertz CT molecular complexity index is 360. The number of aliphatic carboxylic acids is 1. The molecule has 5 nitrogen and oxygen atoms in total. The highest BCUT2D eigenvalue weighted by molar-refractivity contribution is 5.79. The van der Waals surface area contributed by atoms with Gasteiger partial charge in [0, 0.05) is 19.6 Å². The van der Waals surface area contributed by atoms with Gasteiger partial charge in [0.15, 0.2) is 0 Å². The molecule has 2 aliphatic heterocycles. The molecule has 0 saturated carbocycles. The molecule has 2 aliphatic rings. The standard InChI is InChI=1S/C14H24N2O3/c1-14(2)5-8-15(10-14)9-12(17)16-6-3-11(4-7-16)13(18)19/h11H,3-10H2,1-2H3,(H,18,19). The van der Waals surface area contributed by atoms with E-state index in [1.165, 1.54) is 0 Å². The number of piperidine rings is 1. The number of amides is 1. The minimum atomic E-state index is -0.728. The van der Waals surface area contributed by atoms with Gasteiger partial charge < -0.3 is 10.0 Å². The van der Waals surface area contributed by atoms with Crippen LogP contribution in [-0.4, -0.2) is 59.5 Å². The lowest BCUT2D eigenvalue weighted by atomic mass is 9.93. The van der Waals surface area contributed by atoms with Crippen LogP contribution in [0.5, 0.6) is 0 Å². The molecule has 0 radical (unpaired) electrons. The SMILES string of the molecule is CC1(C)CCN(CC(=O)N2CCC(C(=O)O)CC2)C1. The molecular weight excluding hydrogens is 244 g/mol. The number of likely N-dealkylation sites (tertiary alicyclic amines) is 2. The quantitative estimate of drug-likeness (QED) is 0.831. The number of carbonyl (C=O) groups excluding carboxylic acids is 1. The molecule has 1 N–H and O–H groups in total. The molecule has 0 spiro atoms. The fourth-order valence-corrected chi connectivity index (χ4v) is 3.03. The van der Waals surface area contributed by atoms with Crippen molar-refractivity contribution in [2.75, 3.05) is 32.7 Å². The normalized spacial score (nSPS) is 24.6. The van der Waals surface area contributed by atoms with E-state index in [1.54, 1.807) is 0 Å². The number of carboxylic acid groups (broad SMARTS) is 1. The minimum Gasteiger partial charge on any atom is -0.481 e. The lowest BCUT2D eigenvalue weighted by Crippen LogP contribution is -2.44. The Morgan fingerprint density at radius 3 is 2.32 bits per heavy atom. The van der Waals surface area contributed by atoms with Gasteiger partial charge in [-0.3, -0.25) is 14.5 Å². The number of nitrogens with zero attached hydrogens (tertiary/aromatic N) is 2. The van der Waals surface area contributed by atoms with E-state index in [0.717, 1.165) is 19.5 Å². The largest absolute Gasteiger partial charge is 0.481 e. The van der Waals surface area contributed by atoms with Crippen LogP contribution in [0.4, 0.5) is 0 Å². The number of rotatable bonds is 3. The Balaban J connectivity index is 1.77. The molecule has 2 rings (SSSR count). The van der Waals surface area contributed by atoms with Crippen molar-refractivity contribution in [2.45, 2.75) is 33.1 Å². The van der Waals surface area contributed by atoms with Gasteiger partial charge in [-0.2, -0.15) is 0 Å². The van der Waals surface area contributed by atoms with Crippen LogP contribution in [0.1, 0.15) is 33.1 Å². The molecule has 0 bridgehead atoms. The van der Waals surface area contributed by atoms with Crippen LogP contribution in [0.25, 0.3) is 0 Å². The van der Waals surface area contributed by atoms with Crippen molar-refractivity contribution in [1.29, 1.82) is 0 Å². The highest BCUT2D eigenvalue weighted by atomic mass is 16.4. The van der Waals surface area contributed by atoms with E-state index in [0.29, 0.717) is 37.9 Å². The fourth-order valence-electron chi connectivity index (χ4n) is 3.03. The Morgan fingerprint density at radius 1 is 1.21 bits per heavy atom. The highest BCUT2D eigenvalue weighted by Gasteiger charge is 2.32. The van der Waals surface area contributed by atoms with E-state index in [1.807, 2.05) is 4.90 Å². The average Bonchev–Trinajstić information content (AvgIpc) is 2.68. The molecule has 0 aromatic heterocycles. The molecular formula is C14H24N2O3. The molecule has 2 fully saturated rings. The summed E-state index contributed by atoms with van der Waals surface area (Å²) in [7, 11) is 0. The lowest BCUT2D eigenvalue weighted by Gasteiger charge is -2.31. The topological polar surface area (TPSA) is 60.9 Å². The number of carbonyl (C=O) groups is 2. The van der Waals surface area contributed by atoms with Crippen LogP contribution in [0, 0.1) is 11.3 Å². The van der Waals surface area contributed by atoms with Crippen molar-refractivity contribution in [3.63, 3.8) is 0 Å². The maximum atomic E-state index is 12.2. The smallest absolute Gasteiger partial charge is 0.306 e. The second-order valence-corrected chi connectivity index (χ2v) is 6.62. The van der Waals surface area contributed by atoms with E-state index in [-0.39, 0.29) is 11.8 Å². The summed E-state index contributed by atoms with van der Waals surface area (Å²) in [6.07, 6.45) is 2.32. The number of hydrogen-bond acceptors (Lipinski definition) is 3. The summed E-state index contributed by atoms with van der Waals surface area (Å²) in [6.45, 7) is 8.10. The van der Waals surface area contributed by atoms with Crippen molar-refractivity contribution in [3.8, 4) is 0 Å². The number of carboxylic acids is 1. The van der Waals surface area contributed by atoms with Crippen molar-refractivity contribution >= 4 is 11.9 Å². The first-order valence-electron chi connectivity index (χ1n) is 7.10. The summed E-state index contributed by atoms with van der Waals surface area (Å²) in [5.74, 6) is -0.843. The third kappa shape index (κ3) is 3.69. The van der Waals surface area contributed by atoms with E-state index >= 15 is 0 Å². The van der Waals surface area contributed by atoms with Gasteiger partial charge in [0.25, 0.3) is 0 Å². The monoisotopic (exact) mass is 268 g/mol. The first-order chi connectivity index (χ1) is 8.87. The van der Waals surface area contributed by atoms with Gasteiger partial charge in [0.2, 0.25) is 5.91 Å². The predicted molar refractivity (Wildman–Crippen MR) is 71.8 cm³/mol. The van der Waals surface area contributed by atoms with E-state index in [4.69, 9.17) is 5.11 Å². The first kappa shape index (κ1) is 14.3.